The van der Waals surface area contributed by atoms with Crippen molar-refractivity contribution in [1.82, 2.24) is 9.78 Å². The quantitative estimate of drug-likeness (QED) is 0.890. The van der Waals surface area contributed by atoms with E-state index in [-0.39, 0.29) is 11.3 Å². The van der Waals surface area contributed by atoms with Crippen molar-refractivity contribution in [1.29, 1.82) is 0 Å². The van der Waals surface area contributed by atoms with Crippen molar-refractivity contribution in [2.45, 2.75) is 53.0 Å². The summed E-state index contributed by atoms with van der Waals surface area (Å²) >= 11 is 0. The van der Waals surface area contributed by atoms with E-state index in [2.05, 4.69) is 38.1 Å². The summed E-state index contributed by atoms with van der Waals surface area (Å²) in [6.45, 7) is 8.37. The zero-order chi connectivity index (χ0) is 13.3. The van der Waals surface area contributed by atoms with Crippen LogP contribution in [0.2, 0.25) is 0 Å². The van der Waals surface area contributed by atoms with Gasteiger partial charge in [0, 0.05) is 12.5 Å². The van der Waals surface area contributed by atoms with E-state index in [0.717, 1.165) is 11.7 Å². The number of hydrogen-bond donors (Lipinski definition) is 1. The molecule has 1 N–H and O–H groups in total. The third-order valence-electron chi connectivity index (χ3n) is 3.32. The van der Waals surface area contributed by atoms with Gasteiger partial charge in [-0.15, -0.1) is 0 Å². The van der Waals surface area contributed by atoms with Gasteiger partial charge in [0.2, 0.25) is 5.91 Å². The minimum atomic E-state index is 0.0110. The van der Waals surface area contributed by atoms with E-state index in [1.165, 1.54) is 12.8 Å². The van der Waals surface area contributed by atoms with Gasteiger partial charge >= 0.3 is 0 Å². The number of aromatic nitrogens is 2. The van der Waals surface area contributed by atoms with Gasteiger partial charge in [-0.2, -0.15) is 5.10 Å². The second-order valence-corrected chi connectivity index (χ2v) is 6.52. The molecule has 1 aromatic rings. The number of nitrogens with one attached hydrogen (secondary N) is 1. The van der Waals surface area contributed by atoms with Crippen LogP contribution < -0.4 is 5.32 Å². The molecule has 0 spiro atoms. The Bertz CT molecular complexity index is 426. The van der Waals surface area contributed by atoms with E-state index in [4.69, 9.17) is 0 Å². The molecule has 4 nitrogen and oxygen atoms in total. The fourth-order valence-corrected chi connectivity index (χ4v) is 2.18. The largest absolute Gasteiger partial charge is 0.311 e. The highest BCUT2D eigenvalue weighted by atomic mass is 16.1. The van der Waals surface area contributed by atoms with E-state index >= 15 is 0 Å². The molecule has 0 bridgehead atoms. The Morgan fingerprint density at radius 2 is 2.22 bits per heavy atom. The van der Waals surface area contributed by atoms with Gasteiger partial charge < -0.3 is 5.32 Å². The number of nitrogens with zero attached hydrogens (tertiary/aromatic N) is 2. The van der Waals surface area contributed by atoms with Crippen LogP contribution in [0.4, 0.5) is 5.82 Å². The summed E-state index contributed by atoms with van der Waals surface area (Å²) in [4.78, 5) is 11.9. The first kappa shape index (κ1) is 13.1. The number of carbonyl (C=O) groups is 1. The highest BCUT2D eigenvalue weighted by molar-refractivity contribution is 5.90. The summed E-state index contributed by atoms with van der Waals surface area (Å²) in [7, 11) is 0. The van der Waals surface area contributed by atoms with E-state index < -0.39 is 0 Å². The molecule has 1 unspecified atom stereocenters. The minimum absolute atomic E-state index is 0.0110. The van der Waals surface area contributed by atoms with E-state index in [0.29, 0.717) is 12.5 Å². The molecule has 1 heterocycles. The molecule has 1 amide bonds. The molecule has 1 aromatic heterocycles. The van der Waals surface area contributed by atoms with Crippen LogP contribution in [-0.4, -0.2) is 15.7 Å². The van der Waals surface area contributed by atoms with Gasteiger partial charge in [0.25, 0.3) is 0 Å². The van der Waals surface area contributed by atoms with Crippen LogP contribution in [-0.2, 0) is 4.79 Å². The molecule has 4 heteroatoms. The summed E-state index contributed by atoms with van der Waals surface area (Å²) in [5.74, 6) is 1.61. The van der Waals surface area contributed by atoms with Gasteiger partial charge in [-0.05, 0) is 31.1 Å². The lowest BCUT2D eigenvalue weighted by atomic mass is 9.92. The number of carbonyl (C=O) groups excluding carboxylic acids is 1. The number of hydrogen-bond acceptors (Lipinski definition) is 2. The Hall–Kier alpha value is -1.32. The Balaban J connectivity index is 2.01. The van der Waals surface area contributed by atoms with Crippen molar-refractivity contribution in [3.05, 3.63) is 12.3 Å². The fraction of sp³-hybridized carbons (Fsp3) is 0.714. The monoisotopic (exact) mass is 249 g/mol. The van der Waals surface area contributed by atoms with Crippen LogP contribution in [0.5, 0.6) is 0 Å². The maximum atomic E-state index is 11.9. The molecule has 1 saturated carbocycles. The van der Waals surface area contributed by atoms with E-state index in [1.54, 1.807) is 6.20 Å². The molecule has 2 rings (SSSR count). The molecule has 100 valence electrons. The van der Waals surface area contributed by atoms with Gasteiger partial charge in [-0.1, -0.05) is 20.8 Å². The molecule has 18 heavy (non-hydrogen) atoms. The van der Waals surface area contributed by atoms with Crippen molar-refractivity contribution in [2.24, 2.45) is 11.3 Å². The smallest absolute Gasteiger partial charge is 0.226 e. The lowest BCUT2D eigenvalue weighted by Gasteiger charge is -2.19. The van der Waals surface area contributed by atoms with Crippen molar-refractivity contribution in [3.8, 4) is 0 Å². The molecule has 1 atom stereocenters. The minimum Gasteiger partial charge on any atom is -0.311 e. The molecule has 0 aromatic carbocycles. The highest BCUT2D eigenvalue weighted by Gasteiger charge is 2.30. The first-order chi connectivity index (χ1) is 8.37. The molecule has 1 aliphatic carbocycles. The van der Waals surface area contributed by atoms with Crippen LogP contribution in [0.1, 0.15) is 53.0 Å². The predicted molar refractivity (Wildman–Crippen MR) is 72.4 cm³/mol. The third kappa shape index (κ3) is 3.34. The van der Waals surface area contributed by atoms with Gasteiger partial charge in [0.1, 0.15) is 5.82 Å². The van der Waals surface area contributed by atoms with Crippen LogP contribution >= 0.6 is 0 Å². The summed E-state index contributed by atoms with van der Waals surface area (Å²) in [5.41, 5.74) is 0.0110. The van der Waals surface area contributed by atoms with Crippen molar-refractivity contribution >= 4 is 11.7 Å². The Morgan fingerprint density at radius 1 is 1.56 bits per heavy atom. The Morgan fingerprint density at radius 3 is 2.78 bits per heavy atom. The molecule has 0 aliphatic heterocycles. The van der Waals surface area contributed by atoms with E-state index in [1.807, 2.05) is 10.7 Å². The van der Waals surface area contributed by atoms with Crippen LogP contribution in [0.25, 0.3) is 0 Å². The number of rotatable bonds is 4. The van der Waals surface area contributed by atoms with Crippen LogP contribution in [0, 0.1) is 11.3 Å². The summed E-state index contributed by atoms with van der Waals surface area (Å²) in [6, 6.07) is 2.25. The van der Waals surface area contributed by atoms with Gasteiger partial charge in [-0.25, -0.2) is 4.68 Å². The summed E-state index contributed by atoms with van der Waals surface area (Å²) in [5, 5.41) is 7.30. The van der Waals surface area contributed by atoms with Crippen LogP contribution in [0.15, 0.2) is 12.3 Å². The third-order valence-corrected chi connectivity index (χ3v) is 3.32. The second kappa shape index (κ2) is 4.75. The maximum absolute atomic E-state index is 11.9. The van der Waals surface area contributed by atoms with Gasteiger partial charge in [0.05, 0.1) is 12.2 Å². The lowest BCUT2D eigenvalue weighted by molar-refractivity contribution is -0.117. The van der Waals surface area contributed by atoms with Crippen molar-refractivity contribution in [2.75, 3.05) is 5.32 Å². The average molecular weight is 249 g/mol. The normalized spacial score (nSPS) is 17.6. The molecular formula is C14H23N3O. The summed E-state index contributed by atoms with van der Waals surface area (Å²) in [6.07, 6.45) is 4.83. The highest BCUT2D eigenvalue weighted by Crippen LogP contribution is 2.40. The SMILES string of the molecule is CC(C1CC1)n1nccc1NC(=O)CC(C)(C)C. The molecule has 1 aliphatic rings. The summed E-state index contributed by atoms with van der Waals surface area (Å²) < 4.78 is 1.94. The topological polar surface area (TPSA) is 46.9 Å². The van der Waals surface area contributed by atoms with Crippen molar-refractivity contribution < 1.29 is 4.79 Å². The zero-order valence-corrected chi connectivity index (χ0v) is 11.7. The average Bonchev–Trinajstić information content (AvgIpc) is 2.96. The number of anilines is 1. The first-order valence-corrected chi connectivity index (χ1v) is 6.70. The second-order valence-electron chi connectivity index (χ2n) is 6.52. The first-order valence-electron chi connectivity index (χ1n) is 6.70. The van der Waals surface area contributed by atoms with Crippen molar-refractivity contribution in [3.63, 3.8) is 0 Å². The number of amides is 1. The predicted octanol–water partition coefficient (Wildman–Crippen LogP) is 3.23. The van der Waals surface area contributed by atoms with Crippen LogP contribution in [0.3, 0.4) is 0 Å². The fourth-order valence-electron chi connectivity index (χ4n) is 2.18. The van der Waals surface area contributed by atoms with Gasteiger partial charge in [0.15, 0.2) is 0 Å². The lowest BCUT2D eigenvalue weighted by Crippen LogP contribution is -2.22. The Labute approximate surface area is 109 Å². The molecular weight excluding hydrogens is 226 g/mol. The molecule has 0 radical (unpaired) electrons. The molecule has 1 fully saturated rings. The standard InChI is InChI=1S/C14H23N3O/c1-10(11-5-6-11)17-12(7-8-15-17)16-13(18)9-14(2,3)4/h7-8,10-11H,5-6,9H2,1-4H3,(H,16,18). The zero-order valence-electron chi connectivity index (χ0n) is 11.7. The van der Waals surface area contributed by atoms with E-state index in [9.17, 15) is 4.79 Å². The van der Waals surface area contributed by atoms with Gasteiger partial charge in [-0.3, -0.25) is 4.79 Å². The maximum Gasteiger partial charge on any atom is 0.226 e. The Kier molecular flexibility index (Phi) is 3.46. The molecule has 0 saturated heterocycles.